The molecule has 0 fully saturated rings. The van der Waals surface area contributed by atoms with Gasteiger partial charge in [0.2, 0.25) is 0 Å². The third kappa shape index (κ3) is 2.52. The van der Waals surface area contributed by atoms with Gasteiger partial charge < -0.3 is 0 Å². The predicted molar refractivity (Wildman–Crippen MR) is 60.4 cm³/mol. The Hall–Kier alpha value is -1.85. The Kier molecular flexibility index (Phi) is 3.36. The van der Waals surface area contributed by atoms with Gasteiger partial charge in [-0.1, -0.05) is 6.92 Å². The molecule has 0 spiro atoms. The lowest BCUT2D eigenvalue weighted by Gasteiger charge is -2.10. The van der Waals surface area contributed by atoms with Crippen LogP contribution in [0.5, 0.6) is 0 Å². The summed E-state index contributed by atoms with van der Waals surface area (Å²) in [4.78, 5) is 8.08. The summed E-state index contributed by atoms with van der Waals surface area (Å²) >= 11 is 0. The largest absolute Gasteiger partial charge is 0.416 e. The zero-order chi connectivity index (χ0) is 13.2. The first-order chi connectivity index (χ1) is 8.52. The molecular weight excluding hydrogens is 243 g/mol. The highest BCUT2D eigenvalue weighted by Gasteiger charge is 2.30. The second kappa shape index (κ2) is 4.80. The zero-order valence-electron chi connectivity index (χ0n) is 9.78. The number of rotatable bonds is 3. The molecule has 0 radical (unpaired) electrons. The zero-order valence-corrected chi connectivity index (χ0v) is 9.78. The summed E-state index contributed by atoms with van der Waals surface area (Å²) < 4.78 is 39.4. The van der Waals surface area contributed by atoms with Gasteiger partial charge in [-0.25, -0.2) is 9.97 Å². The molecule has 0 aliphatic heterocycles. The monoisotopic (exact) mass is 255 g/mol. The van der Waals surface area contributed by atoms with Crippen LogP contribution in [0.1, 0.15) is 24.7 Å². The van der Waals surface area contributed by atoms with Gasteiger partial charge in [-0.05, 0) is 18.6 Å². The first kappa shape index (κ1) is 12.6. The number of hydrogen-bond donors (Lipinski definition) is 0. The molecule has 0 amide bonds. The minimum absolute atomic E-state index is 0.241. The van der Waals surface area contributed by atoms with Crippen LogP contribution in [0.3, 0.4) is 0 Å². The van der Waals surface area contributed by atoms with Gasteiger partial charge in [-0.3, -0.25) is 4.57 Å². The van der Waals surface area contributed by atoms with Gasteiger partial charge in [0.15, 0.2) is 0 Å². The molecule has 2 aromatic heterocycles. The van der Waals surface area contributed by atoms with Gasteiger partial charge in [-0.2, -0.15) is 13.2 Å². The van der Waals surface area contributed by atoms with E-state index >= 15 is 0 Å². The molecule has 2 aromatic rings. The Bertz CT molecular complexity index is 531. The fraction of sp³-hybridized carbons (Fsp3) is 0.333. The lowest BCUT2D eigenvalue weighted by atomic mass is 10.2. The maximum atomic E-state index is 12.6. The molecule has 96 valence electrons. The fourth-order valence-corrected chi connectivity index (χ4v) is 1.68. The van der Waals surface area contributed by atoms with Gasteiger partial charge >= 0.3 is 6.18 Å². The van der Waals surface area contributed by atoms with Crippen molar-refractivity contribution in [2.75, 3.05) is 0 Å². The van der Waals surface area contributed by atoms with Crippen LogP contribution in [0.4, 0.5) is 13.2 Å². The summed E-state index contributed by atoms with van der Waals surface area (Å²) in [6, 6.07) is 1.99. The van der Waals surface area contributed by atoms with Gasteiger partial charge in [0.25, 0.3) is 0 Å². The third-order valence-electron chi connectivity index (χ3n) is 2.51. The summed E-state index contributed by atoms with van der Waals surface area (Å²) in [5, 5.41) is 0. The van der Waals surface area contributed by atoms with Gasteiger partial charge in [0.05, 0.1) is 5.56 Å². The van der Waals surface area contributed by atoms with Gasteiger partial charge in [0, 0.05) is 25.0 Å². The topological polar surface area (TPSA) is 30.7 Å². The summed E-state index contributed by atoms with van der Waals surface area (Å²) in [7, 11) is 0. The maximum absolute atomic E-state index is 12.6. The minimum atomic E-state index is -4.36. The van der Waals surface area contributed by atoms with Crippen LogP contribution in [-0.2, 0) is 12.6 Å². The third-order valence-corrected chi connectivity index (χ3v) is 2.51. The summed E-state index contributed by atoms with van der Waals surface area (Å²) in [6.45, 7) is 1.98. The lowest BCUT2D eigenvalue weighted by molar-refractivity contribution is -0.137. The smallest absolute Gasteiger partial charge is 0.288 e. The van der Waals surface area contributed by atoms with Crippen molar-refractivity contribution in [3.63, 3.8) is 0 Å². The van der Waals surface area contributed by atoms with Gasteiger partial charge in [-0.15, -0.1) is 0 Å². The van der Waals surface area contributed by atoms with Crippen molar-refractivity contribution < 1.29 is 13.2 Å². The molecule has 0 saturated carbocycles. The van der Waals surface area contributed by atoms with Crippen LogP contribution in [-0.4, -0.2) is 14.5 Å². The number of aryl methyl sites for hydroxylation is 1. The SMILES string of the molecule is CCCc1nccn1-c1cc(C(F)(F)F)ccn1. The lowest BCUT2D eigenvalue weighted by Crippen LogP contribution is -2.08. The van der Waals surface area contributed by atoms with Crippen LogP contribution < -0.4 is 0 Å². The van der Waals surface area contributed by atoms with Crippen LogP contribution >= 0.6 is 0 Å². The van der Waals surface area contributed by atoms with Crippen molar-refractivity contribution >= 4 is 0 Å². The molecule has 0 aliphatic rings. The molecule has 6 heteroatoms. The molecule has 18 heavy (non-hydrogen) atoms. The van der Waals surface area contributed by atoms with E-state index in [1.807, 2.05) is 6.92 Å². The first-order valence-electron chi connectivity index (χ1n) is 5.58. The summed E-state index contributed by atoms with van der Waals surface area (Å²) in [5.74, 6) is 0.954. The fourth-order valence-electron chi connectivity index (χ4n) is 1.68. The highest BCUT2D eigenvalue weighted by atomic mass is 19.4. The van der Waals surface area contributed by atoms with E-state index in [1.54, 1.807) is 17.0 Å². The average Bonchev–Trinajstić information content (AvgIpc) is 2.77. The molecule has 2 rings (SSSR count). The Balaban J connectivity index is 2.42. The van der Waals surface area contributed by atoms with Crippen LogP contribution in [0.2, 0.25) is 0 Å². The Morgan fingerprint density at radius 2 is 2.00 bits per heavy atom. The normalized spacial score (nSPS) is 11.8. The second-order valence-electron chi connectivity index (χ2n) is 3.86. The number of nitrogens with zero attached hydrogens (tertiary/aromatic N) is 3. The highest BCUT2D eigenvalue weighted by molar-refractivity contribution is 5.31. The standard InChI is InChI=1S/C12H12F3N3/c1-2-3-10-17-6-7-18(10)11-8-9(4-5-16-11)12(13,14)15/h4-8H,2-3H2,1H3. The predicted octanol–water partition coefficient (Wildman–Crippen LogP) is 3.24. The molecule has 0 saturated heterocycles. The molecule has 2 heterocycles. The van der Waals surface area contributed by atoms with Crippen molar-refractivity contribution in [1.29, 1.82) is 0 Å². The van der Waals surface area contributed by atoms with Crippen molar-refractivity contribution in [3.05, 3.63) is 42.1 Å². The summed E-state index contributed by atoms with van der Waals surface area (Å²) in [6.07, 6.45) is 1.55. The quantitative estimate of drug-likeness (QED) is 0.843. The Labute approximate surface area is 102 Å². The molecular formula is C12H12F3N3. The van der Waals surface area contributed by atoms with Crippen molar-refractivity contribution in [2.24, 2.45) is 0 Å². The van der Waals surface area contributed by atoms with E-state index in [0.29, 0.717) is 12.2 Å². The molecule has 0 N–H and O–H groups in total. The maximum Gasteiger partial charge on any atom is 0.416 e. The molecule has 0 bridgehead atoms. The number of halogens is 3. The van der Waals surface area contributed by atoms with E-state index in [-0.39, 0.29) is 5.82 Å². The van der Waals surface area contributed by atoms with E-state index < -0.39 is 11.7 Å². The van der Waals surface area contributed by atoms with E-state index in [2.05, 4.69) is 9.97 Å². The molecule has 0 aromatic carbocycles. The van der Waals surface area contributed by atoms with E-state index in [4.69, 9.17) is 0 Å². The van der Waals surface area contributed by atoms with Crippen molar-refractivity contribution in [1.82, 2.24) is 14.5 Å². The second-order valence-corrected chi connectivity index (χ2v) is 3.86. The molecule has 0 aliphatic carbocycles. The molecule has 0 atom stereocenters. The van der Waals surface area contributed by atoms with Gasteiger partial charge in [0.1, 0.15) is 11.6 Å². The van der Waals surface area contributed by atoms with Crippen LogP contribution in [0, 0.1) is 0 Å². The van der Waals surface area contributed by atoms with Crippen LogP contribution in [0.25, 0.3) is 5.82 Å². The van der Waals surface area contributed by atoms with Crippen molar-refractivity contribution in [3.8, 4) is 5.82 Å². The number of imidazole rings is 1. The molecule has 3 nitrogen and oxygen atoms in total. The average molecular weight is 255 g/mol. The number of alkyl halides is 3. The number of aromatic nitrogens is 3. The number of hydrogen-bond acceptors (Lipinski definition) is 2. The van der Waals surface area contributed by atoms with E-state index in [1.165, 1.54) is 0 Å². The summed E-state index contributed by atoms with van der Waals surface area (Å²) in [5.41, 5.74) is -0.705. The first-order valence-corrected chi connectivity index (χ1v) is 5.58. The van der Waals surface area contributed by atoms with Crippen molar-refractivity contribution in [2.45, 2.75) is 25.9 Å². The Morgan fingerprint density at radius 3 is 2.67 bits per heavy atom. The van der Waals surface area contributed by atoms with Crippen LogP contribution in [0.15, 0.2) is 30.7 Å². The highest BCUT2D eigenvalue weighted by Crippen LogP contribution is 2.29. The molecule has 0 unspecified atom stereocenters. The minimum Gasteiger partial charge on any atom is -0.288 e. The Morgan fingerprint density at radius 1 is 1.22 bits per heavy atom. The van der Waals surface area contributed by atoms with E-state index in [0.717, 1.165) is 24.8 Å². The van der Waals surface area contributed by atoms with E-state index in [9.17, 15) is 13.2 Å². The number of pyridine rings is 1.